The summed E-state index contributed by atoms with van der Waals surface area (Å²) < 4.78 is 5.33. The highest BCUT2D eigenvalue weighted by Crippen LogP contribution is 2.44. The van der Waals surface area contributed by atoms with Gasteiger partial charge in [-0.3, -0.25) is 20.1 Å². The molecule has 0 bridgehead atoms. The lowest BCUT2D eigenvalue weighted by atomic mass is 10.1. The first kappa shape index (κ1) is 26.3. The number of ether oxygens (including phenoxy) is 1. The SMILES string of the molecule is O=C(Nc1cccc2c1C(=O)c1c(-c3ccc(C(=O)N4CCC[C@@H]4CN4CCCC4)s3)n[nH]c1-2)NN1CCOCC1. The summed E-state index contributed by atoms with van der Waals surface area (Å²) in [6, 6.07) is 8.96. The van der Waals surface area contributed by atoms with E-state index in [2.05, 4.69) is 25.8 Å². The number of carbonyl (C=O) groups excluding carboxylic acids is 3. The number of thiophene rings is 1. The standard InChI is InChI=1S/C29H33N7O4S/c37-27-23-19(6-3-7-20(23)30-29(39)33-35-13-15-40-16-14-35)25-24(27)26(32-31-25)21-8-9-22(41-21)28(38)36-12-4-5-18(36)17-34-10-1-2-11-34/h3,6-9,18H,1-2,4-5,10-17H2,(H,31,32)(H2,30,33,39)/t18-/m1/s1. The number of hydrogen-bond donors (Lipinski definition) is 3. The quantitative estimate of drug-likeness (QED) is 0.322. The number of nitrogens with one attached hydrogen (secondary N) is 3. The lowest BCUT2D eigenvalue weighted by Crippen LogP contribution is -2.49. The number of rotatable bonds is 6. The lowest BCUT2D eigenvalue weighted by Gasteiger charge is -2.28. The van der Waals surface area contributed by atoms with Gasteiger partial charge in [0, 0.05) is 37.8 Å². The molecular formula is C29H33N7O4S. The van der Waals surface area contributed by atoms with E-state index in [1.807, 2.05) is 29.2 Å². The third kappa shape index (κ3) is 4.94. The van der Waals surface area contributed by atoms with Crippen molar-refractivity contribution in [3.8, 4) is 21.8 Å². The molecule has 4 aliphatic rings. The number of H-pyrrole nitrogens is 1. The van der Waals surface area contributed by atoms with Gasteiger partial charge in [0.05, 0.1) is 45.5 Å². The predicted octanol–water partition coefficient (Wildman–Crippen LogP) is 3.42. The topological polar surface area (TPSA) is 123 Å². The number of nitrogens with zero attached hydrogens (tertiary/aromatic N) is 4. The number of morpholine rings is 1. The Morgan fingerprint density at radius 2 is 1.85 bits per heavy atom. The van der Waals surface area contributed by atoms with E-state index in [1.165, 1.54) is 24.2 Å². The van der Waals surface area contributed by atoms with Gasteiger partial charge in [0.25, 0.3) is 5.91 Å². The number of ketones is 1. The zero-order chi connectivity index (χ0) is 27.9. The Hall–Kier alpha value is -3.58. The second-order valence-corrected chi connectivity index (χ2v) is 12.1. The Bertz CT molecular complexity index is 1490. The van der Waals surface area contributed by atoms with Crippen molar-refractivity contribution in [2.75, 3.05) is 57.8 Å². The Kier molecular flexibility index (Phi) is 7.07. The number of aromatic amines is 1. The van der Waals surface area contributed by atoms with Crippen LogP contribution in [0.1, 0.15) is 51.3 Å². The molecule has 0 radical (unpaired) electrons. The fourth-order valence-corrected chi connectivity index (χ4v) is 7.38. The van der Waals surface area contributed by atoms with Crippen molar-refractivity contribution in [2.45, 2.75) is 31.7 Å². The highest BCUT2D eigenvalue weighted by molar-refractivity contribution is 7.17. The van der Waals surface area contributed by atoms with Crippen molar-refractivity contribution in [1.82, 2.24) is 30.4 Å². The molecule has 1 aliphatic carbocycles. The molecule has 3 fully saturated rings. The van der Waals surface area contributed by atoms with Crippen LogP contribution in [0.5, 0.6) is 0 Å². The molecule has 3 aliphatic heterocycles. The summed E-state index contributed by atoms with van der Waals surface area (Å²) in [6.07, 6.45) is 4.55. The summed E-state index contributed by atoms with van der Waals surface area (Å²) in [5.41, 5.74) is 6.02. The van der Waals surface area contributed by atoms with Crippen LogP contribution in [-0.4, -0.2) is 101 Å². The molecule has 0 unspecified atom stereocenters. The van der Waals surface area contributed by atoms with Gasteiger partial charge in [-0.05, 0) is 57.0 Å². The Morgan fingerprint density at radius 3 is 2.68 bits per heavy atom. The van der Waals surface area contributed by atoms with E-state index in [0.29, 0.717) is 64.9 Å². The van der Waals surface area contributed by atoms with Crippen LogP contribution in [0.4, 0.5) is 10.5 Å². The zero-order valence-corrected chi connectivity index (χ0v) is 23.6. The minimum atomic E-state index is -0.409. The van der Waals surface area contributed by atoms with E-state index in [9.17, 15) is 14.4 Å². The van der Waals surface area contributed by atoms with Crippen LogP contribution >= 0.6 is 11.3 Å². The van der Waals surface area contributed by atoms with Crippen LogP contribution < -0.4 is 10.7 Å². The normalized spacial score (nSPS) is 20.8. The molecule has 7 rings (SSSR count). The van der Waals surface area contributed by atoms with Gasteiger partial charge < -0.3 is 19.9 Å². The smallest absolute Gasteiger partial charge is 0.333 e. The minimum Gasteiger partial charge on any atom is -0.379 e. The number of hydrogen-bond acceptors (Lipinski definition) is 8. The average Bonchev–Trinajstić information content (AvgIpc) is 3.80. The molecule has 3 aromatic rings. The predicted molar refractivity (Wildman–Crippen MR) is 155 cm³/mol. The summed E-state index contributed by atoms with van der Waals surface area (Å²) in [5.74, 6) is -0.143. The monoisotopic (exact) mass is 575 g/mol. The Morgan fingerprint density at radius 1 is 1.02 bits per heavy atom. The van der Waals surface area contributed by atoms with Crippen molar-refractivity contribution >= 4 is 34.7 Å². The van der Waals surface area contributed by atoms with E-state index in [-0.39, 0.29) is 17.7 Å². The Balaban J connectivity index is 1.09. The van der Waals surface area contributed by atoms with Gasteiger partial charge in [-0.1, -0.05) is 12.1 Å². The molecule has 0 spiro atoms. The number of urea groups is 1. The van der Waals surface area contributed by atoms with Crippen LogP contribution in [0.3, 0.4) is 0 Å². The van der Waals surface area contributed by atoms with E-state index in [4.69, 9.17) is 4.74 Å². The number of carbonyl (C=O) groups is 3. The molecule has 3 N–H and O–H groups in total. The summed E-state index contributed by atoms with van der Waals surface area (Å²) in [7, 11) is 0. The van der Waals surface area contributed by atoms with Crippen molar-refractivity contribution in [1.29, 1.82) is 0 Å². The molecule has 2 aromatic heterocycles. The van der Waals surface area contributed by atoms with Crippen molar-refractivity contribution in [2.24, 2.45) is 0 Å². The first-order valence-electron chi connectivity index (χ1n) is 14.4. The van der Waals surface area contributed by atoms with Gasteiger partial charge in [-0.15, -0.1) is 11.3 Å². The first-order chi connectivity index (χ1) is 20.1. The fourth-order valence-electron chi connectivity index (χ4n) is 6.42. The van der Waals surface area contributed by atoms with E-state index in [1.54, 1.807) is 11.1 Å². The number of fused-ring (bicyclic) bond motifs is 3. The fraction of sp³-hybridized carbons (Fsp3) is 0.448. The molecule has 11 nitrogen and oxygen atoms in total. The van der Waals surface area contributed by atoms with Crippen LogP contribution in [0.2, 0.25) is 0 Å². The van der Waals surface area contributed by atoms with Crippen LogP contribution in [0, 0.1) is 0 Å². The van der Waals surface area contributed by atoms with Crippen molar-refractivity contribution in [3.05, 3.63) is 46.3 Å². The van der Waals surface area contributed by atoms with Crippen molar-refractivity contribution < 1.29 is 19.1 Å². The molecule has 0 saturated carbocycles. The van der Waals surface area contributed by atoms with Gasteiger partial charge in [-0.2, -0.15) is 5.10 Å². The molecule has 1 atom stereocenters. The van der Waals surface area contributed by atoms with E-state index >= 15 is 0 Å². The maximum Gasteiger partial charge on any atom is 0.333 e. The third-order valence-electron chi connectivity index (χ3n) is 8.43. The van der Waals surface area contributed by atoms with Gasteiger partial charge in [0.15, 0.2) is 5.78 Å². The molecule has 3 amide bonds. The highest BCUT2D eigenvalue weighted by Gasteiger charge is 2.36. The van der Waals surface area contributed by atoms with Gasteiger partial charge in [0.2, 0.25) is 0 Å². The number of amides is 3. The summed E-state index contributed by atoms with van der Waals surface area (Å²) >= 11 is 1.38. The minimum absolute atomic E-state index is 0.0579. The molecule has 3 saturated heterocycles. The second-order valence-electron chi connectivity index (χ2n) is 11.0. The second kappa shape index (κ2) is 11.0. The van der Waals surface area contributed by atoms with Gasteiger partial charge in [0.1, 0.15) is 5.69 Å². The van der Waals surface area contributed by atoms with E-state index < -0.39 is 6.03 Å². The summed E-state index contributed by atoms with van der Waals surface area (Å²) in [6.45, 7) is 6.28. The van der Waals surface area contributed by atoms with E-state index in [0.717, 1.165) is 43.9 Å². The first-order valence-corrected chi connectivity index (χ1v) is 15.2. The zero-order valence-electron chi connectivity index (χ0n) is 22.8. The average molecular weight is 576 g/mol. The number of likely N-dealkylation sites (tertiary alicyclic amines) is 2. The van der Waals surface area contributed by atoms with Crippen LogP contribution in [-0.2, 0) is 4.74 Å². The molecule has 5 heterocycles. The maximum atomic E-state index is 13.8. The van der Waals surface area contributed by atoms with Crippen LogP contribution in [0.15, 0.2) is 30.3 Å². The molecular weight excluding hydrogens is 542 g/mol. The third-order valence-corrected chi connectivity index (χ3v) is 9.51. The molecule has 41 heavy (non-hydrogen) atoms. The number of anilines is 1. The van der Waals surface area contributed by atoms with Gasteiger partial charge in [-0.25, -0.2) is 9.80 Å². The van der Waals surface area contributed by atoms with Crippen molar-refractivity contribution in [3.63, 3.8) is 0 Å². The number of benzene rings is 1. The number of hydrazine groups is 1. The summed E-state index contributed by atoms with van der Waals surface area (Å²) in [4.78, 5) is 45.9. The lowest BCUT2D eigenvalue weighted by molar-refractivity contribution is 0.0207. The van der Waals surface area contributed by atoms with Crippen LogP contribution in [0.25, 0.3) is 21.8 Å². The number of aromatic nitrogens is 2. The molecule has 1 aromatic carbocycles. The maximum absolute atomic E-state index is 13.8. The Labute approximate surface area is 241 Å². The summed E-state index contributed by atoms with van der Waals surface area (Å²) in [5, 5.41) is 12.2. The molecule has 12 heteroatoms. The van der Waals surface area contributed by atoms with Gasteiger partial charge >= 0.3 is 6.03 Å². The largest absolute Gasteiger partial charge is 0.379 e. The molecule has 214 valence electrons. The highest BCUT2D eigenvalue weighted by atomic mass is 32.1.